The van der Waals surface area contributed by atoms with Gasteiger partial charge in [0.25, 0.3) is 0 Å². The Kier molecular flexibility index (Phi) is 2.11. The van der Waals surface area contributed by atoms with Gasteiger partial charge in [0.05, 0.1) is 11.4 Å². The molecule has 17 heavy (non-hydrogen) atoms. The van der Waals surface area contributed by atoms with Crippen molar-refractivity contribution in [2.24, 2.45) is 4.99 Å². The van der Waals surface area contributed by atoms with Crippen LogP contribution in [-0.4, -0.2) is 5.71 Å². The summed E-state index contributed by atoms with van der Waals surface area (Å²) in [4.78, 5) is 4.61. The van der Waals surface area contributed by atoms with Crippen LogP contribution in [-0.2, 0) is 6.42 Å². The lowest BCUT2D eigenvalue weighted by Gasteiger charge is -2.00. The molecule has 0 saturated carbocycles. The fourth-order valence-corrected chi connectivity index (χ4v) is 2.04. The zero-order valence-corrected chi connectivity index (χ0v) is 9.35. The van der Waals surface area contributed by atoms with Gasteiger partial charge in [0.1, 0.15) is 0 Å². The van der Waals surface area contributed by atoms with Crippen LogP contribution in [0, 0.1) is 0 Å². The number of rotatable bonds is 1. The molecule has 0 saturated heterocycles. The second-order valence-corrected chi connectivity index (χ2v) is 4.25. The maximum absolute atomic E-state index is 5.75. The summed E-state index contributed by atoms with van der Waals surface area (Å²) in [5, 5.41) is 0. The largest absolute Gasteiger partial charge is 0.399 e. The van der Waals surface area contributed by atoms with E-state index in [4.69, 9.17) is 11.5 Å². The smallest absolute Gasteiger partial charge is 0.0689 e. The van der Waals surface area contributed by atoms with Crippen LogP contribution in [0.2, 0.25) is 0 Å². The number of fused-ring (bicyclic) bond motifs is 1. The topological polar surface area (TPSA) is 64.4 Å². The molecule has 3 nitrogen and oxygen atoms in total. The lowest BCUT2D eigenvalue weighted by Crippen LogP contribution is -2.00. The summed E-state index contributed by atoms with van der Waals surface area (Å²) in [6, 6.07) is 13.7. The van der Waals surface area contributed by atoms with E-state index in [1.165, 1.54) is 5.56 Å². The summed E-state index contributed by atoms with van der Waals surface area (Å²) in [7, 11) is 0. The van der Waals surface area contributed by atoms with Gasteiger partial charge in [0.2, 0.25) is 0 Å². The molecule has 0 spiro atoms. The van der Waals surface area contributed by atoms with E-state index in [1.54, 1.807) is 0 Å². The number of anilines is 2. The zero-order chi connectivity index (χ0) is 11.8. The Bertz CT molecular complexity index is 597. The second kappa shape index (κ2) is 3.63. The van der Waals surface area contributed by atoms with Crippen molar-refractivity contribution in [3.8, 4) is 0 Å². The summed E-state index contributed by atoms with van der Waals surface area (Å²) in [5.41, 5.74) is 17.4. The monoisotopic (exact) mass is 223 g/mol. The molecule has 1 aliphatic heterocycles. The van der Waals surface area contributed by atoms with Crippen LogP contribution in [0.3, 0.4) is 0 Å². The lowest BCUT2D eigenvalue weighted by molar-refractivity contribution is 1.39. The number of benzene rings is 2. The summed E-state index contributed by atoms with van der Waals surface area (Å²) in [6.45, 7) is 0. The highest BCUT2D eigenvalue weighted by molar-refractivity contribution is 6.06. The first-order valence-corrected chi connectivity index (χ1v) is 5.54. The molecular weight excluding hydrogens is 210 g/mol. The Morgan fingerprint density at radius 2 is 1.59 bits per heavy atom. The Balaban J connectivity index is 1.99. The molecule has 84 valence electrons. The van der Waals surface area contributed by atoms with Gasteiger partial charge in [-0.15, -0.1) is 0 Å². The molecule has 0 atom stereocenters. The molecule has 4 N–H and O–H groups in total. The molecule has 0 aliphatic carbocycles. The van der Waals surface area contributed by atoms with Gasteiger partial charge in [-0.3, -0.25) is 4.99 Å². The second-order valence-electron chi connectivity index (χ2n) is 4.25. The van der Waals surface area contributed by atoms with Crippen LogP contribution >= 0.6 is 0 Å². The third-order valence-electron chi connectivity index (χ3n) is 2.97. The molecule has 0 bridgehead atoms. The Morgan fingerprint density at radius 3 is 2.35 bits per heavy atom. The average Bonchev–Trinajstić information content (AvgIpc) is 2.72. The summed E-state index contributed by atoms with van der Waals surface area (Å²) in [5.74, 6) is 0. The predicted molar refractivity (Wildman–Crippen MR) is 71.6 cm³/mol. The van der Waals surface area contributed by atoms with E-state index >= 15 is 0 Å². The normalized spacial score (nSPS) is 13.3. The van der Waals surface area contributed by atoms with Crippen LogP contribution < -0.4 is 11.5 Å². The van der Waals surface area contributed by atoms with Gasteiger partial charge in [-0.2, -0.15) is 0 Å². The molecule has 3 heteroatoms. The van der Waals surface area contributed by atoms with E-state index in [9.17, 15) is 0 Å². The molecule has 2 aromatic carbocycles. The van der Waals surface area contributed by atoms with Crippen molar-refractivity contribution in [2.45, 2.75) is 6.42 Å². The summed E-state index contributed by atoms with van der Waals surface area (Å²) >= 11 is 0. The van der Waals surface area contributed by atoms with Crippen LogP contribution in [0.15, 0.2) is 47.5 Å². The minimum absolute atomic E-state index is 0.756. The Morgan fingerprint density at radius 1 is 0.882 bits per heavy atom. The van der Waals surface area contributed by atoms with Gasteiger partial charge >= 0.3 is 0 Å². The molecule has 0 aromatic heterocycles. The Hall–Kier alpha value is -2.29. The molecule has 3 rings (SSSR count). The van der Waals surface area contributed by atoms with E-state index in [0.29, 0.717) is 0 Å². The van der Waals surface area contributed by atoms with E-state index in [1.807, 2.05) is 42.5 Å². The standard InChI is InChI=1S/C14H13N3/c15-11-4-1-9(2-5-11)13-7-10-3-6-12(16)8-14(10)17-13/h1-6,8H,7,15-16H2. The van der Waals surface area contributed by atoms with Gasteiger partial charge < -0.3 is 11.5 Å². The van der Waals surface area contributed by atoms with E-state index in [0.717, 1.165) is 34.8 Å². The zero-order valence-electron chi connectivity index (χ0n) is 9.35. The van der Waals surface area contributed by atoms with Crippen LogP contribution in [0.25, 0.3) is 0 Å². The maximum Gasteiger partial charge on any atom is 0.0689 e. The van der Waals surface area contributed by atoms with E-state index < -0.39 is 0 Å². The van der Waals surface area contributed by atoms with Crippen LogP contribution in [0.4, 0.5) is 17.1 Å². The first kappa shape index (κ1) is 9.90. The van der Waals surface area contributed by atoms with Crippen molar-refractivity contribution < 1.29 is 0 Å². The van der Waals surface area contributed by atoms with Crippen molar-refractivity contribution in [3.63, 3.8) is 0 Å². The van der Waals surface area contributed by atoms with Gasteiger partial charge in [-0.05, 0) is 35.4 Å². The van der Waals surface area contributed by atoms with Crippen LogP contribution in [0.1, 0.15) is 11.1 Å². The predicted octanol–water partition coefficient (Wildman–Crippen LogP) is 2.53. The minimum atomic E-state index is 0.756. The maximum atomic E-state index is 5.75. The van der Waals surface area contributed by atoms with Crippen molar-refractivity contribution in [1.29, 1.82) is 0 Å². The first-order chi connectivity index (χ1) is 8.22. The summed E-state index contributed by atoms with van der Waals surface area (Å²) in [6.07, 6.45) is 0.861. The third kappa shape index (κ3) is 1.76. The number of hydrogen-bond acceptors (Lipinski definition) is 3. The van der Waals surface area contributed by atoms with Gasteiger partial charge in [-0.1, -0.05) is 18.2 Å². The third-order valence-corrected chi connectivity index (χ3v) is 2.97. The number of aliphatic imine (C=N–C) groups is 1. The molecule has 0 unspecified atom stereocenters. The van der Waals surface area contributed by atoms with Crippen LogP contribution in [0.5, 0.6) is 0 Å². The molecule has 2 aromatic rings. The molecule has 0 fully saturated rings. The highest BCUT2D eigenvalue weighted by Gasteiger charge is 2.15. The van der Waals surface area contributed by atoms with Crippen molar-refractivity contribution in [1.82, 2.24) is 0 Å². The minimum Gasteiger partial charge on any atom is -0.399 e. The van der Waals surface area contributed by atoms with E-state index in [-0.39, 0.29) is 0 Å². The number of nitrogens with two attached hydrogens (primary N) is 2. The molecule has 1 aliphatic rings. The fourth-order valence-electron chi connectivity index (χ4n) is 2.04. The van der Waals surface area contributed by atoms with Gasteiger partial charge in [0, 0.05) is 17.8 Å². The van der Waals surface area contributed by atoms with Crippen molar-refractivity contribution in [3.05, 3.63) is 53.6 Å². The van der Waals surface area contributed by atoms with Crippen molar-refractivity contribution in [2.75, 3.05) is 11.5 Å². The summed E-state index contributed by atoms with van der Waals surface area (Å²) < 4.78 is 0. The highest BCUT2D eigenvalue weighted by atomic mass is 14.8. The van der Waals surface area contributed by atoms with Gasteiger partial charge in [-0.25, -0.2) is 0 Å². The number of hydrogen-bond donors (Lipinski definition) is 2. The number of nitrogen functional groups attached to an aromatic ring is 2. The van der Waals surface area contributed by atoms with Gasteiger partial charge in [0.15, 0.2) is 0 Å². The molecule has 1 heterocycles. The first-order valence-electron chi connectivity index (χ1n) is 5.54. The molecular formula is C14H13N3. The molecule has 0 radical (unpaired) electrons. The highest BCUT2D eigenvalue weighted by Crippen LogP contribution is 2.30. The number of nitrogens with zero attached hydrogens (tertiary/aromatic N) is 1. The Labute approximate surface area is 99.8 Å². The van der Waals surface area contributed by atoms with Crippen molar-refractivity contribution >= 4 is 22.8 Å². The lowest BCUT2D eigenvalue weighted by atomic mass is 10.0. The van der Waals surface area contributed by atoms with E-state index in [2.05, 4.69) is 4.99 Å². The SMILES string of the molecule is Nc1ccc(C2=Nc3cc(N)ccc3C2)cc1. The molecule has 0 amide bonds. The fraction of sp³-hybridized carbons (Fsp3) is 0.0714. The quantitative estimate of drug-likeness (QED) is 0.729. The average molecular weight is 223 g/mol.